The molecule has 0 spiro atoms. The zero-order valence-electron chi connectivity index (χ0n) is 15.1. The van der Waals surface area contributed by atoms with Crippen LogP contribution in [0.5, 0.6) is 5.75 Å². The van der Waals surface area contributed by atoms with E-state index in [0.29, 0.717) is 0 Å². The van der Waals surface area contributed by atoms with Gasteiger partial charge in [0, 0.05) is 0 Å². The summed E-state index contributed by atoms with van der Waals surface area (Å²) in [5.41, 5.74) is 15.3. The third kappa shape index (κ3) is 3.42. The quantitative estimate of drug-likeness (QED) is 0.456. The van der Waals surface area contributed by atoms with E-state index in [4.69, 9.17) is 10.5 Å². The maximum atomic E-state index is 6.50. The Morgan fingerprint density at radius 2 is 1.92 bits per heavy atom. The van der Waals surface area contributed by atoms with Crippen molar-refractivity contribution >= 4 is 8.96 Å². The van der Waals surface area contributed by atoms with Crippen molar-refractivity contribution in [3.63, 3.8) is 0 Å². The smallest absolute Gasteiger partial charge is 1.00 e. The number of aryl methyl sites for hydroxylation is 1. The van der Waals surface area contributed by atoms with E-state index >= 15 is 0 Å². The fourth-order valence-corrected chi connectivity index (χ4v) is 7.23. The van der Waals surface area contributed by atoms with Gasteiger partial charge in [0.2, 0.25) is 0 Å². The van der Waals surface area contributed by atoms with Crippen LogP contribution in [0.1, 0.15) is 28.7 Å². The molecule has 134 valence electrons. The van der Waals surface area contributed by atoms with Gasteiger partial charge in [0.05, 0.1) is 0 Å². The van der Waals surface area contributed by atoms with E-state index in [2.05, 4.69) is 50.3 Å². The summed E-state index contributed by atoms with van der Waals surface area (Å²) in [7, 11) is 1.74. The third-order valence-electron chi connectivity index (χ3n) is 5.01. The maximum Gasteiger partial charge on any atom is -1.00 e. The van der Waals surface area contributed by atoms with Crippen LogP contribution in [-0.4, -0.2) is 7.11 Å². The molecule has 4 rings (SSSR count). The Bertz CT molecular complexity index is 919. The number of rotatable bonds is 3. The Balaban J connectivity index is 0.00000121. The maximum absolute atomic E-state index is 6.50. The zero-order chi connectivity index (χ0) is 16.8. The second-order valence-electron chi connectivity index (χ2n) is 6.59. The van der Waals surface area contributed by atoms with Crippen molar-refractivity contribution in [3.05, 3.63) is 62.0 Å². The number of allylic oxidation sites excluding steroid dienone is 4. The summed E-state index contributed by atoms with van der Waals surface area (Å²) in [6.07, 6.45) is 8.90. The van der Waals surface area contributed by atoms with Crippen molar-refractivity contribution in [2.45, 2.75) is 26.7 Å². The Kier molecular flexibility index (Phi) is 6.82. The molecule has 2 aliphatic rings. The minimum Gasteiger partial charge on any atom is -1.00 e. The van der Waals surface area contributed by atoms with Crippen LogP contribution in [0.3, 0.4) is 0 Å². The van der Waals surface area contributed by atoms with E-state index in [1.54, 1.807) is 13.7 Å². The Morgan fingerprint density at radius 3 is 2.58 bits per heavy atom. The first kappa shape index (κ1) is 21.3. The van der Waals surface area contributed by atoms with E-state index in [0.717, 1.165) is 24.3 Å². The van der Waals surface area contributed by atoms with E-state index in [9.17, 15) is 0 Å². The molecule has 0 fully saturated rings. The van der Waals surface area contributed by atoms with Gasteiger partial charge < -0.3 is 24.8 Å². The van der Waals surface area contributed by atoms with Crippen LogP contribution < -0.4 is 38.6 Å². The molecule has 0 aromatic heterocycles. The molecule has 0 amide bonds. The number of benzene rings is 2. The third-order valence-corrected chi connectivity index (χ3v) is 8.99. The van der Waals surface area contributed by atoms with Crippen molar-refractivity contribution in [2.75, 3.05) is 12.8 Å². The summed E-state index contributed by atoms with van der Waals surface area (Å²) in [5, 5.41) is 0. The van der Waals surface area contributed by atoms with Gasteiger partial charge in [-0.15, -0.1) is 0 Å². The first-order chi connectivity index (χ1) is 11.6. The van der Waals surface area contributed by atoms with Crippen LogP contribution >= 0.6 is 0 Å². The molecule has 0 saturated heterocycles. The van der Waals surface area contributed by atoms with Crippen LogP contribution in [0, 0.1) is 13.8 Å². The molecule has 0 heterocycles. The Hall–Kier alpha value is -1.02. The average molecular weight is 466 g/mol. The molecule has 2 nitrogen and oxygen atoms in total. The molecular weight excluding hydrogens is 444 g/mol. The molecule has 0 aliphatic heterocycles. The SMILES string of the molecule is COc1c(N)c(C)[c]([Zr+2][C]2=CC=CC2)c2c1-c1ccc(C)cc1C2.[Cl-].[Cl-]. The topological polar surface area (TPSA) is 35.2 Å². The van der Waals surface area contributed by atoms with Crippen molar-refractivity contribution in [1.29, 1.82) is 0 Å². The van der Waals surface area contributed by atoms with Gasteiger partial charge >= 0.3 is 155 Å². The van der Waals surface area contributed by atoms with Crippen LogP contribution in [0.25, 0.3) is 11.1 Å². The molecule has 2 aromatic rings. The van der Waals surface area contributed by atoms with Gasteiger partial charge in [-0.3, -0.25) is 0 Å². The molecule has 0 saturated carbocycles. The van der Waals surface area contributed by atoms with E-state index in [1.807, 2.05) is 0 Å². The number of ether oxygens (including phenoxy) is 1. The first-order valence-electron chi connectivity index (χ1n) is 8.31. The molecular formula is C21H21Cl2NOZr. The van der Waals surface area contributed by atoms with Gasteiger partial charge in [-0.1, -0.05) is 0 Å². The summed E-state index contributed by atoms with van der Waals surface area (Å²) in [5.74, 6) is 0.867. The molecule has 5 heteroatoms. The van der Waals surface area contributed by atoms with Crippen molar-refractivity contribution in [1.82, 2.24) is 0 Å². The monoisotopic (exact) mass is 463 g/mol. The molecule has 26 heavy (non-hydrogen) atoms. The minimum atomic E-state index is -0.820. The summed E-state index contributed by atoms with van der Waals surface area (Å²) >= 11 is -0.820. The Morgan fingerprint density at radius 1 is 1.15 bits per heavy atom. The summed E-state index contributed by atoms with van der Waals surface area (Å²) in [6, 6.07) is 6.73. The molecule has 2 aromatic carbocycles. The number of fused-ring (bicyclic) bond motifs is 3. The first-order valence-corrected chi connectivity index (χ1v) is 10.8. The number of halogens is 2. The fraction of sp³-hybridized carbons (Fsp3) is 0.238. The molecule has 2 aliphatic carbocycles. The van der Waals surface area contributed by atoms with E-state index in [1.165, 1.54) is 33.4 Å². The van der Waals surface area contributed by atoms with Crippen molar-refractivity contribution in [3.8, 4) is 16.9 Å². The van der Waals surface area contributed by atoms with Gasteiger partial charge in [-0.05, 0) is 0 Å². The molecule has 2 N–H and O–H groups in total. The minimum absolute atomic E-state index is 0. The van der Waals surface area contributed by atoms with Gasteiger partial charge in [-0.25, -0.2) is 0 Å². The largest absolute Gasteiger partial charge is 1.00 e. The number of nitrogen functional groups attached to an aromatic ring is 1. The zero-order valence-corrected chi connectivity index (χ0v) is 19.1. The van der Waals surface area contributed by atoms with Gasteiger partial charge in [0.25, 0.3) is 0 Å². The molecule has 0 atom stereocenters. The number of anilines is 1. The molecule has 0 unspecified atom stereocenters. The molecule has 0 bridgehead atoms. The van der Waals surface area contributed by atoms with Crippen LogP contribution in [-0.2, 0) is 29.7 Å². The van der Waals surface area contributed by atoms with Crippen LogP contribution in [0.15, 0.2) is 39.7 Å². The normalized spacial score (nSPS) is 13.1. The van der Waals surface area contributed by atoms with Crippen molar-refractivity contribution < 1.29 is 52.8 Å². The molecule has 0 radical (unpaired) electrons. The average Bonchev–Trinajstić information content (AvgIpc) is 3.19. The fourth-order valence-electron chi connectivity index (χ4n) is 3.77. The Labute approximate surface area is 179 Å². The number of methoxy groups -OCH3 is 1. The summed E-state index contributed by atoms with van der Waals surface area (Å²) in [4.78, 5) is 0. The summed E-state index contributed by atoms with van der Waals surface area (Å²) in [6.45, 7) is 4.33. The van der Waals surface area contributed by atoms with Gasteiger partial charge in [-0.2, -0.15) is 0 Å². The predicted molar refractivity (Wildman–Crippen MR) is 96.6 cm³/mol. The van der Waals surface area contributed by atoms with Crippen molar-refractivity contribution in [2.24, 2.45) is 0 Å². The van der Waals surface area contributed by atoms with Crippen LogP contribution in [0.2, 0.25) is 0 Å². The number of hydrogen-bond acceptors (Lipinski definition) is 2. The summed E-state index contributed by atoms with van der Waals surface area (Å²) < 4.78 is 8.92. The predicted octanol–water partition coefficient (Wildman–Crippen LogP) is -1.97. The second-order valence-corrected chi connectivity index (χ2v) is 10.0. The van der Waals surface area contributed by atoms with Crippen LogP contribution in [0.4, 0.5) is 5.69 Å². The van der Waals surface area contributed by atoms with E-state index in [-0.39, 0.29) is 24.8 Å². The standard InChI is InChI=1S/C16H16NO.C5H5.2ClH.Zr/c1-9-4-5-13-11(6-9)8-12-7-10(2)15(17)16(18-3)14(12)13;1-2-4-5-3-1;;;/h4-6H,8,17H2,1-3H3;1-3H,4H2;2*1H;/q;;;;+2/p-2. The second kappa shape index (κ2) is 8.34. The van der Waals surface area contributed by atoms with E-state index < -0.39 is 23.2 Å². The van der Waals surface area contributed by atoms with Gasteiger partial charge in [0.15, 0.2) is 0 Å². The van der Waals surface area contributed by atoms with Gasteiger partial charge in [0.1, 0.15) is 0 Å². The number of nitrogens with two attached hydrogens (primary N) is 1. The number of hydrogen-bond donors (Lipinski definition) is 1.